The first-order valence-corrected chi connectivity index (χ1v) is 9.52. The number of H-pyrrole nitrogens is 1. The van der Waals surface area contributed by atoms with E-state index >= 15 is 0 Å². The van der Waals surface area contributed by atoms with E-state index in [1.54, 1.807) is 22.2 Å². The first kappa shape index (κ1) is 17.4. The molecule has 4 rings (SSSR count). The van der Waals surface area contributed by atoms with Crippen molar-refractivity contribution in [2.75, 3.05) is 0 Å². The van der Waals surface area contributed by atoms with E-state index in [1.165, 1.54) is 0 Å². The van der Waals surface area contributed by atoms with Gasteiger partial charge in [-0.05, 0) is 54.4 Å². The van der Waals surface area contributed by atoms with E-state index in [-0.39, 0.29) is 0 Å². The van der Waals surface area contributed by atoms with Crippen LogP contribution in [0, 0.1) is 11.7 Å². The molecule has 3 aromatic heterocycles. The van der Waals surface area contributed by atoms with Gasteiger partial charge in [-0.2, -0.15) is 14.9 Å². The van der Waals surface area contributed by atoms with E-state index in [1.807, 2.05) is 60.8 Å². The molecule has 0 saturated heterocycles. The average Bonchev–Trinajstić information content (AvgIpc) is 3.40. The van der Waals surface area contributed by atoms with E-state index < -0.39 is 0 Å². The lowest BCUT2D eigenvalue weighted by Crippen LogP contribution is -1.95. The van der Waals surface area contributed by atoms with Gasteiger partial charge in [-0.25, -0.2) is 5.10 Å². The number of hydrogen-bond acceptors (Lipinski definition) is 6. The zero-order chi connectivity index (χ0) is 18.6. The number of aryl methyl sites for hydroxylation is 1. The Kier molecular flexibility index (Phi) is 4.99. The second-order valence-corrected chi connectivity index (χ2v) is 7.08. The van der Waals surface area contributed by atoms with Gasteiger partial charge in [0.2, 0.25) is 4.77 Å². The van der Waals surface area contributed by atoms with Crippen molar-refractivity contribution in [3.05, 3.63) is 75.8 Å². The van der Waals surface area contributed by atoms with Crippen LogP contribution in [-0.4, -0.2) is 21.1 Å². The van der Waals surface area contributed by atoms with Crippen molar-refractivity contribution < 1.29 is 9.15 Å². The Bertz CT molecular complexity index is 1120. The summed E-state index contributed by atoms with van der Waals surface area (Å²) in [5.74, 6) is 2.84. The Morgan fingerprint density at radius 1 is 1.26 bits per heavy atom. The molecule has 0 radical (unpaired) electrons. The standard InChI is InChI=1S/C19H16N4O2S2/c1-13-5-2-3-6-16(13)24-12-15-9-8-14(25-15)11-20-23-18(21-22-19(23)26)17-7-4-10-27-17/h2-11H,12H2,1H3,(H,22,26)/b20-11-. The zero-order valence-electron chi connectivity index (χ0n) is 14.5. The van der Waals surface area contributed by atoms with Crippen molar-refractivity contribution in [3.8, 4) is 16.5 Å². The summed E-state index contributed by atoms with van der Waals surface area (Å²) < 4.78 is 13.6. The molecule has 0 aliphatic heterocycles. The quantitative estimate of drug-likeness (QED) is 0.366. The molecule has 0 fully saturated rings. The van der Waals surface area contributed by atoms with Gasteiger partial charge in [0.25, 0.3) is 0 Å². The minimum absolute atomic E-state index is 0.351. The molecular weight excluding hydrogens is 380 g/mol. The van der Waals surface area contributed by atoms with Gasteiger partial charge in [-0.15, -0.1) is 11.3 Å². The summed E-state index contributed by atoms with van der Waals surface area (Å²) in [6.07, 6.45) is 1.61. The topological polar surface area (TPSA) is 68.3 Å². The second kappa shape index (κ2) is 7.73. The predicted octanol–water partition coefficient (Wildman–Crippen LogP) is 5.03. The maximum absolute atomic E-state index is 5.80. The monoisotopic (exact) mass is 396 g/mol. The van der Waals surface area contributed by atoms with Crippen molar-refractivity contribution in [1.82, 2.24) is 14.9 Å². The molecule has 136 valence electrons. The summed E-state index contributed by atoms with van der Waals surface area (Å²) >= 11 is 6.83. The highest BCUT2D eigenvalue weighted by atomic mass is 32.1. The molecule has 8 heteroatoms. The van der Waals surface area contributed by atoms with Crippen molar-refractivity contribution in [3.63, 3.8) is 0 Å². The van der Waals surface area contributed by atoms with Crippen molar-refractivity contribution in [2.24, 2.45) is 5.10 Å². The number of nitrogens with zero attached hydrogens (tertiary/aromatic N) is 3. The van der Waals surface area contributed by atoms with Crippen LogP contribution in [0.1, 0.15) is 17.1 Å². The molecule has 1 aromatic carbocycles. The van der Waals surface area contributed by atoms with Crippen LogP contribution >= 0.6 is 23.6 Å². The third-order valence-electron chi connectivity index (χ3n) is 3.84. The van der Waals surface area contributed by atoms with Gasteiger partial charge < -0.3 is 9.15 Å². The highest BCUT2D eigenvalue weighted by Crippen LogP contribution is 2.23. The van der Waals surface area contributed by atoms with Gasteiger partial charge in [0.1, 0.15) is 23.9 Å². The van der Waals surface area contributed by atoms with Gasteiger partial charge in [0.05, 0.1) is 11.1 Å². The minimum atomic E-state index is 0.351. The van der Waals surface area contributed by atoms with Crippen LogP contribution in [0.3, 0.4) is 0 Å². The molecule has 1 N–H and O–H groups in total. The lowest BCUT2D eigenvalue weighted by atomic mass is 10.2. The van der Waals surface area contributed by atoms with Crippen LogP contribution in [0.2, 0.25) is 0 Å². The normalized spacial score (nSPS) is 11.3. The molecule has 0 spiro atoms. The minimum Gasteiger partial charge on any atom is -0.485 e. The molecule has 0 atom stereocenters. The number of benzene rings is 1. The van der Waals surface area contributed by atoms with Crippen molar-refractivity contribution in [2.45, 2.75) is 13.5 Å². The number of hydrogen-bond donors (Lipinski definition) is 1. The summed E-state index contributed by atoms with van der Waals surface area (Å²) in [6.45, 7) is 2.36. The number of para-hydroxylation sites is 1. The number of ether oxygens (including phenoxy) is 1. The molecule has 27 heavy (non-hydrogen) atoms. The van der Waals surface area contributed by atoms with Crippen molar-refractivity contribution >= 4 is 29.8 Å². The number of thiophene rings is 1. The summed E-state index contributed by atoms with van der Waals surface area (Å²) in [5, 5.41) is 13.4. The number of nitrogens with one attached hydrogen (secondary N) is 1. The largest absolute Gasteiger partial charge is 0.485 e. The molecule has 0 amide bonds. The Morgan fingerprint density at radius 2 is 2.15 bits per heavy atom. The Morgan fingerprint density at radius 3 is 2.96 bits per heavy atom. The van der Waals surface area contributed by atoms with Crippen LogP contribution in [0.25, 0.3) is 10.7 Å². The molecule has 0 aliphatic rings. The second-order valence-electron chi connectivity index (χ2n) is 5.74. The third kappa shape index (κ3) is 3.91. The molecule has 3 heterocycles. The Labute approximate surface area is 164 Å². The Balaban J connectivity index is 1.48. The molecule has 0 saturated carbocycles. The molecule has 6 nitrogen and oxygen atoms in total. The van der Waals surface area contributed by atoms with Gasteiger partial charge in [-0.1, -0.05) is 24.3 Å². The number of furan rings is 1. The number of rotatable bonds is 6. The molecule has 4 aromatic rings. The zero-order valence-corrected chi connectivity index (χ0v) is 16.1. The highest BCUT2D eigenvalue weighted by Gasteiger charge is 2.09. The maximum Gasteiger partial charge on any atom is 0.216 e. The fraction of sp³-hybridized carbons (Fsp3) is 0.105. The number of aromatic nitrogens is 3. The van der Waals surface area contributed by atoms with E-state index in [0.717, 1.165) is 16.2 Å². The third-order valence-corrected chi connectivity index (χ3v) is 4.97. The van der Waals surface area contributed by atoms with Gasteiger partial charge in [-0.3, -0.25) is 0 Å². The van der Waals surface area contributed by atoms with Gasteiger partial charge in [0.15, 0.2) is 5.82 Å². The SMILES string of the molecule is Cc1ccccc1OCc1ccc(/C=N\n2c(-c3cccs3)n[nH]c2=S)o1. The summed E-state index contributed by atoms with van der Waals surface area (Å²) in [5.41, 5.74) is 1.08. The van der Waals surface area contributed by atoms with Crippen LogP contribution in [0.15, 0.2) is 63.4 Å². The van der Waals surface area contributed by atoms with Crippen LogP contribution in [0.4, 0.5) is 0 Å². The predicted molar refractivity (Wildman–Crippen MR) is 108 cm³/mol. The van der Waals surface area contributed by atoms with E-state index in [0.29, 0.717) is 28.7 Å². The maximum atomic E-state index is 5.80. The molecule has 0 unspecified atom stereocenters. The Hall–Kier alpha value is -2.97. The highest BCUT2D eigenvalue weighted by molar-refractivity contribution is 7.71. The van der Waals surface area contributed by atoms with Crippen LogP contribution in [-0.2, 0) is 6.61 Å². The lowest BCUT2D eigenvalue weighted by molar-refractivity contribution is 0.268. The fourth-order valence-corrected chi connectivity index (χ4v) is 3.37. The average molecular weight is 396 g/mol. The fourth-order valence-electron chi connectivity index (χ4n) is 2.49. The lowest BCUT2D eigenvalue weighted by Gasteiger charge is -2.06. The van der Waals surface area contributed by atoms with E-state index in [2.05, 4.69) is 15.3 Å². The smallest absolute Gasteiger partial charge is 0.216 e. The van der Waals surface area contributed by atoms with E-state index in [9.17, 15) is 0 Å². The first-order chi connectivity index (χ1) is 13.2. The summed E-state index contributed by atoms with van der Waals surface area (Å²) in [7, 11) is 0. The van der Waals surface area contributed by atoms with Gasteiger partial charge in [0, 0.05) is 0 Å². The summed E-state index contributed by atoms with van der Waals surface area (Å²) in [6, 6.07) is 15.5. The molecule has 0 aliphatic carbocycles. The summed E-state index contributed by atoms with van der Waals surface area (Å²) in [4.78, 5) is 0.978. The first-order valence-electron chi connectivity index (χ1n) is 8.23. The van der Waals surface area contributed by atoms with Crippen LogP contribution in [0.5, 0.6) is 5.75 Å². The number of aromatic amines is 1. The van der Waals surface area contributed by atoms with Crippen molar-refractivity contribution in [1.29, 1.82) is 0 Å². The molecular formula is C19H16N4O2S2. The van der Waals surface area contributed by atoms with Crippen LogP contribution < -0.4 is 4.74 Å². The van der Waals surface area contributed by atoms with E-state index in [4.69, 9.17) is 21.4 Å². The van der Waals surface area contributed by atoms with Gasteiger partial charge >= 0.3 is 0 Å². The molecule has 0 bridgehead atoms.